The minimum atomic E-state index is -0.430. The maximum atomic E-state index is 9.61. The van der Waals surface area contributed by atoms with E-state index < -0.39 is 6.10 Å². The molecule has 0 aliphatic carbocycles. The fraction of sp³-hybridized carbons (Fsp3) is 0.250. The predicted octanol–water partition coefficient (Wildman–Crippen LogP) is 4.02. The quantitative estimate of drug-likeness (QED) is 0.904. The van der Waals surface area contributed by atoms with Gasteiger partial charge < -0.3 is 10.0 Å². The zero-order chi connectivity index (χ0) is 13.4. The van der Waals surface area contributed by atoms with E-state index in [9.17, 15) is 5.11 Å². The molecule has 0 saturated carbocycles. The molecule has 0 aromatic heterocycles. The van der Waals surface area contributed by atoms with E-state index in [-0.39, 0.29) is 0 Å². The van der Waals surface area contributed by atoms with Gasteiger partial charge in [0.2, 0.25) is 0 Å². The highest BCUT2D eigenvalue weighted by Gasteiger charge is 2.20. The number of hydrogen-bond donors (Lipinski definition) is 1. The Kier molecular flexibility index (Phi) is 3.33. The number of anilines is 1. The van der Waals surface area contributed by atoms with Crippen molar-refractivity contribution >= 4 is 21.6 Å². The van der Waals surface area contributed by atoms with Crippen LogP contribution in [-0.2, 0) is 13.1 Å². The van der Waals surface area contributed by atoms with E-state index in [1.807, 2.05) is 12.1 Å². The molecular weight excluding hydrogens is 302 g/mol. The van der Waals surface area contributed by atoms with Crippen LogP contribution in [0.5, 0.6) is 0 Å². The Morgan fingerprint density at radius 2 is 1.74 bits per heavy atom. The van der Waals surface area contributed by atoms with Crippen molar-refractivity contribution in [2.24, 2.45) is 0 Å². The Labute approximate surface area is 121 Å². The Bertz CT molecular complexity index is 584. The van der Waals surface area contributed by atoms with Gasteiger partial charge in [0.25, 0.3) is 0 Å². The molecule has 0 spiro atoms. The van der Waals surface area contributed by atoms with Gasteiger partial charge in [0.15, 0.2) is 0 Å². The minimum absolute atomic E-state index is 0.430. The van der Waals surface area contributed by atoms with Crippen LogP contribution in [0.1, 0.15) is 29.7 Å². The molecule has 2 aromatic carbocycles. The van der Waals surface area contributed by atoms with Gasteiger partial charge in [-0.1, -0.05) is 30.3 Å². The van der Waals surface area contributed by atoms with Gasteiger partial charge in [-0.25, -0.2) is 0 Å². The van der Waals surface area contributed by atoms with Crippen molar-refractivity contribution in [3.63, 3.8) is 0 Å². The fourth-order valence-electron chi connectivity index (χ4n) is 2.54. The smallest absolute Gasteiger partial charge is 0.0762 e. The van der Waals surface area contributed by atoms with E-state index in [0.717, 1.165) is 23.1 Å². The zero-order valence-corrected chi connectivity index (χ0v) is 12.4. The van der Waals surface area contributed by atoms with Crippen molar-refractivity contribution in [1.82, 2.24) is 0 Å². The Hall–Kier alpha value is -1.32. The SMILES string of the molecule is C[C@H](O)c1ccc(N2Cc3ccccc3C2)c(Br)c1. The number of hydrogen-bond acceptors (Lipinski definition) is 2. The second kappa shape index (κ2) is 4.99. The van der Waals surface area contributed by atoms with Crippen LogP contribution in [0.3, 0.4) is 0 Å². The highest BCUT2D eigenvalue weighted by molar-refractivity contribution is 9.10. The van der Waals surface area contributed by atoms with Gasteiger partial charge in [-0.2, -0.15) is 0 Å². The molecular formula is C16H16BrNO. The molecule has 0 radical (unpaired) electrons. The summed E-state index contributed by atoms with van der Waals surface area (Å²) >= 11 is 3.62. The molecule has 0 bridgehead atoms. The van der Waals surface area contributed by atoms with Gasteiger partial charge in [-0.3, -0.25) is 0 Å². The molecule has 1 heterocycles. The topological polar surface area (TPSA) is 23.5 Å². The van der Waals surface area contributed by atoms with Crippen molar-refractivity contribution in [2.45, 2.75) is 26.1 Å². The van der Waals surface area contributed by atoms with E-state index in [1.165, 1.54) is 16.8 Å². The van der Waals surface area contributed by atoms with Crippen LogP contribution in [0.4, 0.5) is 5.69 Å². The van der Waals surface area contributed by atoms with Crippen LogP contribution in [0.15, 0.2) is 46.9 Å². The van der Waals surface area contributed by atoms with Crippen LogP contribution < -0.4 is 4.90 Å². The first-order valence-electron chi connectivity index (χ1n) is 6.44. The maximum absolute atomic E-state index is 9.61. The molecule has 2 nitrogen and oxygen atoms in total. The lowest BCUT2D eigenvalue weighted by Gasteiger charge is -2.20. The summed E-state index contributed by atoms with van der Waals surface area (Å²) in [4.78, 5) is 2.35. The first-order chi connectivity index (χ1) is 9.15. The van der Waals surface area contributed by atoms with Crippen molar-refractivity contribution in [1.29, 1.82) is 0 Å². The summed E-state index contributed by atoms with van der Waals surface area (Å²) in [5.74, 6) is 0. The van der Waals surface area contributed by atoms with Crippen LogP contribution in [-0.4, -0.2) is 5.11 Å². The molecule has 1 aliphatic rings. The van der Waals surface area contributed by atoms with Crippen molar-refractivity contribution < 1.29 is 5.11 Å². The monoisotopic (exact) mass is 317 g/mol. The minimum Gasteiger partial charge on any atom is -0.389 e. The fourth-order valence-corrected chi connectivity index (χ4v) is 3.19. The second-order valence-electron chi connectivity index (χ2n) is 5.01. The zero-order valence-electron chi connectivity index (χ0n) is 10.8. The average molecular weight is 318 g/mol. The average Bonchev–Trinajstić information content (AvgIpc) is 2.81. The molecule has 3 heteroatoms. The molecule has 19 heavy (non-hydrogen) atoms. The van der Waals surface area contributed by atoms with Crippen LogP contribution in [0.2, 0.25) is 0 Å². The first-order valence-corrected chi connectivity index (χ1v) is 7.23. The number of nitrogens with zero attached hydrogens (tertiary/aromatic N) is 1. The Balaban J connectivity index is 1.89. The van der Waals surface area contributed by atoms with Gasteiger partial charge in [0.05, 0.1) is 11.8 Å². The second-order valence-corrected chi connectivity index (χ2v) is 5.87. The molecule has 0 unspecified atom stereocenters. The molecule has 1 aliphatic heterocycles. The summed E-state index contributed by atoms with van der Waals surface area (Å²) in [6.07, 6.45) is -0.430. The highest BCUT2D eigenvalue weighted by Crippen LogP contribution is 2.34. The molecule has 98 valence electrons. The number of fused-ring (bicyclic) bond motifs is 1. The molecule has 2 aromatic rings. The third-order valence-electron chi connectivity index (χ3n) is 3.64. The third kappa shape index (κ3) is 2.40. The summed E-state index contributed by atoms with van der Waals surface area (Å²) in [6, 6.07) is 14.6. The third-order valence-corrected chi connectivity index (χ3v) is 4.27. The van der Waals surface area contributed by atoms with Crippen molar-refractivity contribution in [3.05, 3.63) is 63.6 Å². The van der Waals surface area contributed by atoms with E-state index in [2.05, 4.69) is 51.2 Å². The Morgan fingerprint density at radius 3 is 2.26 bits per heavy atom. The molecule has 3 rings (SSSR count). The number of rotatable bonds is 2. The van der Waals surface area contributed by atoms with Crippen molar-refractivity contribution in [2.75, 3.05) is 4.90 Å². The van der Waals surface area contributed by atoms with Crippen LogP contribution in [0.25, 0.3) is 0 Å². The normalized spacial score (nSPS) is 15.4. The largest absolute Gasteiger partial charge is 0.389 e. The summed E-state index contributed by atoms with van der Waals surface area (Å²) in [6.45, 7) is 3.68. The number of aliphatic hydroxyl groups is 1. The van der Waals surface area contributed by atoms with E-state index >= 15 is 0 Å². The molecule has 1 N–H and O–H groups in total. The molecule has 1 atom stereocenters. The molecule has 0 saturated heterocycles. The van der Waals surface area contributed by atoms with Crippen LogP contribution in [0, 0.1) is 0 Å². The van der Waals surface area contributed by atoms with Gasteiger partial charge in [-0.15, -0.1) is 0 Å². The van der Waals surface area contributed by atoms with Gasteiger partial charge in [-0.05, 0) is 51.7 Å². The van der Waals surface area contributed by atoms with Gasteiger partial charge >= 0.3 is 0 Å². The lowest BCUT2D eigenvalue weighted by atomic mass is 10.1. The standard InChI is InChI=1S/C16H16BrNO/c1-11(19)12-6-7-16(15(17)8-12)18-9-13-4-2-3-5-14(13)10-18/h2-8,11,19H,9-10H2,1H3/t11-/m0/s1. The summed E-state index contributed by atoms with van der Waals surface area (Å²) < 4.78 is 1.04. The Morgan fingerprint density at radius 1 is 1.11 bits per heavy atom. The number of halogens is 1. The lowest BCUT2D eigenvalue weighted by molar-refractivity contribution is 0.199. The van der Waals surface area contributed by atoms with Gasteiger partial charge in [0.1, 0.15) is 0 Å². The maximum Gasteiger partial charge on any atom is 0.0762 e. The highest BCUT2D eigenvalue weighted by atomic mass is 79.9. The molecule has 0 fully saturated rings. The number of benzene rings is 2. The summed E-state index contributed by atoms with van der Waals surface area (Å²) in [5.41, 5.74) is 4.91. The summed E-state index contributed by atoms with van der Waals surface area (Å²) in [5, 5.41) is 9.61. The van der Waals surface area contributed by atoms with E-state index in [0.29, 0.717) is 0 Å². The summed E-state index contributed by atoms with van der Waals surface area (Å²) in [7, 11) is 0. The van der Waals surface area contributed by atoms with Gasteiger partial charge in [0, 0.05) is 17.6 Å². The first kappa shape index (κ1) is 12.7. The number of aliphatic hydroxyl groups excluding tert-OH is 1. The van der Waals surface area contributed by atoms with E-state index in [4.69, 9.17) is 0 Å². The van der Waals surface area contributed by atoms with E-state index in [1.54, 1.807) is 6.92 Å². The lowest BCUT2D eigenvalue weighted by Crippen LogP contribution is -2.15. The molecule has 0 amide bonds. The predicted molar refractivity (Wildman–Crippen MR) is 81.1 cm³/mol. The van der Waals surface area contributed by atoms with Crippen LogP contribution >= 0.6 is 15.9 Å². The van der Waals surface area contributed by atoms with Crippen molar-refractivity contribution in [3.8, 4) is 0 Å².